The highest BCUT2D eigenvalue weighted by molar-refractivity contribution is 7.99. The number of carbonyl (C=O) groups excluding carboxylic acids is 1. The number of nitrogens with one attached hydrogen (secondary N) is 1. The third kappa shape index (κ3) is 4.09. The summed E-state index contributed by atoms with van der Waals surface area (Å²) < 4.78 is 1.80. The number of hydrogen-bond acceptors (Lipinski definition) is 4. The number of thioether (sulfide) groups is 1. The molecule has 3 aromatic rings. The van der Waals surface area contributed by atoms with E-state index >= 15 is 0 Å². The normalized spacial score (nSPS) is 10.6. The van der Waals surface area contributed by atoms with Crippen molar-refractivity contribution in [2.75, 3.05) is 5.75 Å². The van der Waals surface area contributed by atoms with Gasteiger partial charge in [0.1, 0.15) is 0 Å². The largest absolute Gasteiger partial charge is 0.348 e. The first kappa shape index (κ1) is 17.2. The number of benzene rings is 1. The molecule has 0 fully saturated rings. The monoisotopic (exact) mass is 352 g/mol. The van der Waals surface area contributed by atoms with Gasteiger partial charge in [0.25, 0.3) is 5.91 Å². The van der Waals surface area contributed by atoms with Crippen LogP contribution in [0, 0.1) is 0 Å². The van der Waals surface area contributed by atoms with Gasteiger partial charge in [-0.2, -0.15) is 5.10 Å². The minimum absolute atomic E-state index is 0.0671. The molecule has 0 saturated carbocycles. The third-order valence-corrected chi connectivity index (χ3v) is 4.75. The summed E-state index contributed by atoms with van der Waals surface area (Å²) in [5, 5.41) is 7.17. The maximum absolute atomic E-state index is 12.5. The molecule has 6 heteroatoms. The Morgan fingerprint density at radius 1 is 1.24 bits per heavy atom. The van der Waals surface area contributed by atoms with Crippen molar-refractivity contribution in [1.29, 1.82) is 0 Å². The van der Waals surface area contributed by atoms with Crippen molar-refractivity contribution >= 4 is 17.7 Å². The lowest BCUT2D eigenvalue weighted by Crippen LogP contribution is -2.23. The Labute approximate surface area is 151 Å². The number of hydrogen-bond donors (Lipinski definition) is 1. The molecule has 128 valence electrons. The molecular formula is C19H20N4OS. The fraction of sp³-hybridized carbons (Fsp3) is 0.211. The summed E-state index contributed by atoms with van der Waals surface area (Å²) in [7, 11) is 1.89. The van der Waals surface area contributed by atoms with Crippen LogP contribution in [0.15, 0.2) is 59.9 Å². The van der Waals surface area contributed by atoms with E-state index in [0.29, 0.717) is 12.1 Å². The summed E-state index contributed by atoms with van der Waals surface area (Å²) in [6.45, 7) is 2.51. The molecule has 0 aliphatic rings. The molecule has 25 heavy (non-hydrogen) atoms. The van der Waals surface area contributed by atoms with E-state index in [1.807, 2.05) is 43.4 Å². The average Bonchev–Trinajstić information content (AvgIpc) is 3.07. The van der Waals surface area contributed by atoms with Crippen LogP contribution < -0.4 is 5.32 Å². The van der Waals surface area contributed by atoms with E-state index in [2.05, 4.69) is 22.3 Å². The number of rotatable bonds is 6. The smallest absolute Gasteiger partial charge is 0.252 e. The van der Waals surface area contributed by atoms with Crippen LogP contribution in [0.5, 0.6) is 0 Å². The van der Waals surface area contributed by atoms with Gasteiger partial charge in [0.15, 0.2) is 0 Å². The van der Waals surface area contributed by atoms with Gasteiger partial charge in [0.05, 0.1) is 11.3 Å². The maximum atomic E-state index is 12.5. The molecule has 0 aliphatic carbocycles. The molecule has 0 unspecified atom stereocenters. The van der Waals surface area contributed by atoms with Gasteiger partial charge >= 0.3 is 0 Å². The van der Waals surface area contributed by atoms with Crippen molar-refractivity contribution in [3.05, 3.63) is 66.1 Å². The van der Waals surface area contributed by atoms with Crippen LogP contribution in [-0.4, -0.2) is 26.4 Å². The molecule has 0 bridgehead atoms. The number of carbonyl (C=O) groups is 1. The van der Waals surface area contributed by atoms with Crippen molar-refractivity contribution in [2.24, 2.45) is 7.05 Å². The lowest BCUT2D eigenvalue weighted by atomic mass is 10.1. The number of amides is 1. The van der Waals surface area contributed by atoms with Gasteiger partial charge in [-0.1, -0.05) is 19.1 Å². The van der Waals surface area contributed by atoms with Crippen LogP contribution in [-0.2, 0) is 13.6 Å². The van der Waals surface area contributed by atoms with E-state index in [1.165, 1.54) is 0 Å². The summed E-state index contributed by atoms with van der Waals surface area (Å²) in [6.07, 6.45) is 5.33. The molecule has 1 aromatic carbocycles. The van der Waals surface area contributed by atoms with E-state index in [9.17, 15) is 4.79 Å². The van der Waals surface area contributed by atoms with Crippen molar-refractivity contribution < 1.29 is 4.79 Å². The maximum Gasteiger partial charge on any atom is 0.252 e. The van der Waals surface area contributed by atoms with Gasteiger partial charge in [0, 0.05) is 42.6 Å². The molecule has 0 aliphatic heterocycles. The molecule has 1 N–H and O–H groups in total. The molecule has 2 aromatic heterocycles. The van der Waals surface area contributed by atoms with E-state index in [0.717, 1.165) is 27.5 Å². The summed E-state index contributed by atoms with van der Waals surface area (Å²) in [6, 6.07) is 11.6. The molecule has 2 heterocycles. The molecule has 0 saturated heterocycles. The zero-order valence-electron chi connectivity index (χ0n) is 14.3. The summed E-state index contributed by atoms with van der Waals surface area (Å²) in [5.74, 6) is 0.864. The SMILES string of the molecule is CCSc1ccccc1C(=O)NCc1cncc(-c2ccnn2C)c1. The highest BCUT2D eigenvalue weighted by Crippen LogP contribution is 2.22. The second-order valence-electron chi connectivity index (χ2n) is 5.53. The second kappa shape index (κ2) is 7.98. The van der Waals surface area contributed by atoms with Crippen LogP contribution in [0.1, 0.15) is 22.8 Å². The first-order chi connectivity index (χ1) is 12.2. The Bertz CT molecular complexity index is 875. The molecule has 3 rings (SSSR count). The van der Waals surface area contributed by atoms with Gasteiger partial charge < -0.3 is 5.32 Å². The number of nitrogens with zero attached hydrogens (tertiary/aromatic N) is 3. The Balaban J connectivity index is 1.72. The lowest BCUT2D eigenvalue weighted by molar-refractivity contribution is 0.0948. The van der Waals surface area contributed by atoms with E-state index in [1.54, 1.807) is 35.0 Å². The van der Waals surface area contributed by atoms with E-state index < -0.39 is 0 Å². The minimum Gasteiger partial charge on any atom is -0.348 e. The van der Waals surface area contributed by atoms with Gasteiger partial charge in [-0.25, -0.2) is 0 Å². The van der Waals surface area contributed by atoms with Crippen molar-refractivity contribution in [2.45, 2.75) is 18.4 Å². The zero-order valence-corrected chi connectivity index (χ0v) is 15.1. The summed E-state index contributed by atoms with van der Waals surface area (Å²) in [5.41, 5.74) is 3.64. The topological polar surface area (TPSA) is 59.8 Å². The number of aromatic nitrogens is 3. The Morgan fingerprint density at radius 3 is 2.84 bits per heavy atom. The molecule has 0 radical (unpaired) electrons. The van der Waals surface area contributed by atoms with Crippen LogP contribution >= 0.6 is 11.8 Å². The zero-order chi connectivity index (χ0) is 17.6. The van der Waals surface area contributed by atoms with Crippen LogP contribution in [0.3, 0.4) is 0 Å². The molecule has 5 nitrogen and oxygen atoms in total. The van der Waals surface area contributed by atoms with Crippen LogP contribution in [0.4, 0.5) is 0 Å². The quantitative estimate of drug-likeness (QED) is 0.690. The standard InChI is InChI=1S/C19H20N4OS/c1-3-25-18-7-5-4-6-16(18)19(24)21-12-14-10-15(13-20-11-14)17-8-9-22-23(17)2/h4-11,13H,3,12H2,1-2H3,(H,21,24). The predicted molar refractivity (Wildman–Crippen MR) is 100 cm³/mol. The van der Waals surface area contributed by atoms with Gasteiger partial charge in [-0.15, -0.1) is 11.8 Å². The van der Waals surface area contributed by atoms with E-state index in [4.69, 9.17) is 0 Å². The van der Waals surface area contributed by atoms with E-state index in [-0.39, 0.29) is 5.91 Å². The average molecular weight is 352 g/mol. The Morgan fingerprint density at radius 2 is 2.08 bits per heavy atom. The summed E-state index contributed by atoms with van der Waals surface area (Å²) in [4.78, 5) is 17.8. The van der Waals surface area contributed by atoms with Crippen LogP contribution in [0.2, 0.25) is 0 Å². The highest BCUT2D eigenvalue weighted by Gasteiger charge is 2.11. The predicted octanol–water partition coefficient (Wildman–Crippen LogP) is 3.52. The molecule has 0 spiro atoms. The van der Waals surface area contributed by atoms with Crippen molar-refractivity contribution in [3.63, 3.8) is 0 Å². The fourth-order valence-electron chi connectivity index (χ4n) is 2.59. The van der Waals surface area contributed by atoms with Gasteiger partial charge in [-0.05, 0) is 35.6 Å². The molecular weight excluding hydrogens is 332 g/mol. The lowest BCUT2D eigenvalue weighted by Gasteiger charge is -2.10. The number of aryl methyl sites for hydroxylation is 1. The van der Waals surface area contributed by atoms with Crippen molar-refractivity contribution in [1.82, 2.24) is 20.1 Å². The van der Waals surface area contributed by atoms with Gasteiger partial charge in [-0.3, -0.25) is 14.5 Å². The van der Waals surface area contributed by atoms with Crippen LogP contribution in [0.25, 0.3) is 11.3 Å². The Hall–Kier alpha value is -2.60. The second-order valence-corrected chi connectivity index (χ2v) is 6.84. The molecule has 0 atom stereocenters. The summed E-state index contributed by atoms with van der Waals surface area (Å²) >= 11 is 1.67. The minimum atomic E-state index is -0.0671. The first-order valence-electron chi connectivity index (χ1n) is 8.11. The van der Waals surface area contributed by atoms with Gasteiger partial charge in [0.2, 0.25) is 0 Å². The molecule has 1 amide bonds. The van der Waals surface area contributed by atoms with Crippen molar-refractivity contribution in [3.8, 4) is 11.3 Å². The fourth-order valence-corrected chi connectivity index (χ4v) is 3.40. The highest BCUT2D eigenvalue weighted by atomic mass is 32.2. The third-order valence-electron chi connectivity index (χ3n) is 3.80. The number of pyridine rings is 1. The Kier molecular flexibility index (Phi) is 5.50. The first-order valence-corrected chi connectivity index (χ1v) is 9.10.